The summed E-state index contributed by atoms with van der Waals surface area (Å²) in [7, 11) is 0. The van der Waals surface area contributed by atoms with Gasteiger partial charge in [0.2, 0.25) is 0 Å². The Kier molecular flexibility index (Phi) is 4.92. The van der Waals surface area contributed by atoms with Crippen LogP contribution < -0.4 is 0 Å². The largest absolute Gasteiger partial charge is 0.481 e. The summed E-state index contributed by atoms with van der Waals surface area (Å²) in [5, 5.41) is 10.5. The second-order valence-corrected chi connectivity index (χ2v) is 13.4. The Bertz CT molecular complexity index is 885. The van der Waals surface area contributed by atoms with Crippen LogP contribution in [0.5, 0.6) is 0 Å². The zero-order valence-corrected chi connectivity index (χ0v) is 21.2. The quantitative estimate of drug-likeness (QED) is 0.500. The van der Waals surface area contributed by atoms with Crippen molar-refractivity contribution in [2.45, 2.75) is 106 Å². The number of hydrogen-bond acceptors (Lipinski definition) is 2. The molecule has 0 aromatic rings. The molecule has 4 saturated carbocycles. The first-order valence-corrected chi connectivity index (χ1v) is 13.4. The molecule has 5 aliphatic rings. The first kappa shape index (κ1) is 22.7. The predicted molar refractivity (Wildman–Crippen MR) is 127 cm³/mol. The van der Waals surface area contributed by atoms with Crippen LogP contribution in [0.15, 0.2) is 11.1 Å². The highest BCUT2D eigenvalue weighted by atomic mass is 16.4. The third kappa shape index (κ3) is 2.55. The first-order valence-electron chi connectivity index (χ1n) is 13.4. The van der Waals surface area contributed by atoms with Crippen molar-refractivity contribution in [2.75, 3.05) is 0 Å². The zero-order valence-electron chi connectivity index (χ0n) is 21.2. The van der Waals surface area contributed by atoms with Crippen LogP contribution in [-0.2, 0) is 9.59 Å². The van der Waals surface area contributed by atoms with Crippen molar-refractivity contribution in [2.24, 2.45) is 51.2 Å². The highest BCUT2D eigenvalue weighted by Crippen LogP contribution is 2.76. The molecule has 0 bridgehead atoms. The average Bonchev–Trinajstić information content (AvgIpc) is 3.13. The van der Waals surface area contributed by atoms with Crippen molar-refractivity contribution < 1.29 is 14.7 Å². The monoisotopic (exact) mass is 440 g/mol. The molecule has 0 unspecified atom stereocenters. The highest BCUT2D eigenvalue weighted by molar-refractivity contribution is 5.96. The number of carboxylic acid groups (broad SMARTS) is 1. The molecule has 1 N–H and O–H groups in total. The standard InChI is InChI=1S/C29H44O3/c1-17(2)19-9-14-29(25(31)32)16-15-27(5)21(24(19)29)7-8-23-26(4)12-11-22(30)18(3)20(26)10-13-28(23,27)6/h17,19,21,23-24H,7-16H2,1-6H3,(H,31,32)/t19-,21+,23+,24+,26-,27+,28+,29-/m0/s1. The van der Waals surface area contributed by atoms with Crippen LogP contribution in [-0.4, -0.2) is 16.9 Å². The van der Waals surface area contributed by atoms with E-state index in [9.17, 15) is 14.7 Å². The Labute approximate surface area is 194 Å². The number of hydrogen-bond donors (Lipinski definition) is 1. The van der Waals surface area contributed by atoms with Crippen LogP contribution in [0.3, 0.4) is 0 Å². The Morgan fingerprint density at radius 2 is 1.66 bits per heavy atom. The number of fused-ring (bicyclic) bond motifs is 7. The van der Waals surface area contributed by atoms with Crippen molar-refractivity contribution in [3.05, 3.63) is 11.1 Å². The zero-order chi connectivity index (χ0) is 23.3. The molecule has 8 atom stereocenters. The van der Waals surface area contributed by atoms with Crippen molar-refractivity contribution in [3.63, 3.8) is 0 Å². The number of ketones is 1. The molecule has 0 amide bonds. The molecule has 178 valence electrons. The number of carbonyl (C=O) groups is 2. The maximum Gasteiger partial charge on any atom is 0.309 e. The molecule has 3 heteroatoms. The lowest BCUT2D eigenvalue weighted by molar-refractivity contribution is -0.207. The van der Waals surface area contributed by atoms with Crippen LogP contribution >= 0.6 is 0 Å². The summed E-state index contributed by atoms with van der Waals surface area (Å²) < 4.78 is 0. The van der Waals surface area contributed by atoms with Crippen LogP contribution in [0, 0.1) is 51.2 Å². The van der Waals surface area contributed by atoms with E-state index in [0.717, 1.165) is 44.1 Å². The van der Waals surface area contributed by atoms with Crippen molar-refractivity contribution in [1.82, 2.24) is 0 Å². The van der Waals surface area contributed by atoms with Gasteiger partial charge in [-0.2, -0.15) is 0 Å². The van der Waals surface area contributed by atoms with Gasteiger partial charge in [0.25, 0.3) is 0 Å². The topological polar surface area (TPSA) is 54.4 Å². The molecule has 0 aromatic carbocycles. The predicted octanol–water partition coefficient (Wildman–Crippen LogP) is 7.05. The molecule has 32 heavy (non-hydrogen) atoms. The molecule has 0 heterocycles. The van der Waals surface area contributed by atoms with E-state index in [1.54, 1.807) is 0 Å². The minimum absolute atomic E-state index is 0.146. The Hall–Kier alpha value is -1.12. The van der Waals surface area contributed by atoms with Crippen molar-refractivity contribution >= 4 is 11.8 Å². The van der Waals surface area contributed by atoms with Crippen LogP contribution in [0.2, 0.25) is 0 Å². The third-order valence-corrected chi connectivity index (χ3v) is 12.6. The third-order valence-electron chi connectivity index (χ3n) is 12.6. The maximum atomic E-state index is 12.7. The Morgan fingerprint density at radius 3 is 2.31 bits per heavy atom. The van der Waals surface area contributed by atoms with Gasteiger partial charge in [0.15, 0.2) is 5.78 Å². The number of carboxylic acids is 1. The number of rotatable bonds is 2. The van der Waals surface area contributed by atoms with Gasteiger partial charge in [-0.1, -0.05) is 40.2 Å². The van der Waals surface area contributed by atoms with Gasteiger partial charge in [-0.3, -0.25) is 9.59 Å². The molecule has 0 saturated heterocycles. The Balaban J connectivity index is 1.59. The summed E-state index contributed by atoms with van der Waals surface area (Å²) in [4.78, 5) is 25.3. The average molecular weight is 441 g/mol. The number of aliphatic carboxylic acids is 1. The molecule has 5 rings (SSSR count). The van der Waals surface area contributed by atoms with E-state index in [4.69, 9.17) is 0 Å². The molecule has 5 aliphatic carbocycles. The van der Waals surface area contributed by atoms with E-state index in [-0.39, 0.29) is 16.2 Å². The van der Waals surface area contributed by atoms with E-state index in [1.165, 1.54) is 24.8 Å². The fourth-order valence-electron chi connectivity index (χ4n) is 10.6. The van der Waals surface area contributed by atoms with E-state index in [2.05, 4.69) is 41.5 Å². The normalized spacial score (nSPS) is 50.5. The van der Waals surface area contributed by atoms with Gasteiger partial charge in [0, 0.05) is 6.42 Å². The van der Waals surface area contributed by atoms with Crippen LogP contribution in [0.4, 0.5) is 0 Å². The van der Waals surface area contributed by atoms with E-state index in [1.807, 2.05) is 0 Å². The summed E-state index contributed by atoms with van der Waals surface area (Å²) in [6.45, 7) is 14.3. The Morgan fingerprint density at radius 1 is 0.938 bits per heavy atom. The van der Waals surface area contributed by atoms with Crippen molar-refractivity contribution in [1.29, 1.82) is 0 Å². The highest BCUT2D eigenvalue weighted by Gasteiger charge is 2.70. The summed E-state index contributed by atoms with van der Waals surface area (Å²) in [6.07, 6.45) is 10.2. The molecule has 3 nitrogen and oxygen atoms in total. The maximum absolute atomic E-state index is 12.7. The molecule has 0 aliphatic heterocycles. The molecule has 0 aromatic heterocycles. The smallest absolute Gasteiger partial charge is 0.309 e. The fourth-order valence-corrected chi connectivity index (χ4v) is 10.6. The summed E-state index contributed by atoms with van der Waals surface area (Å²) in [5.74, 6) is 2.41. The molecule has 0 spiro atoms. The lowest BCUT2D eigenvalue weighted by atomic mass is 9.34. The van der Waals surface area contributed by atoms with E-state index < -0.39 is 11.4 Å². The van der Waals surface area contributed by atoms with E-state index >= 15 is 0 Å². The summed E-state index contributed by atoms with van der Waals surface area (Å²) in [5.41, 5.74) is 2.62. The van der Waals surface area contributed by atoms with Crippen LogP contribution in [0.1, 0.15) is 106 Å². The van der Waals surface area contributed by atoms with Gasteiger partial charge >= 0.3 is 5.97 Å². The summed E-state index contributed by atoms with van der Waals surface area (Å²) in [6, 6.07) is 0. The molecular formula is C29H44O3. The lowest BCUT2D eigenvalue weighted by Gasteiger charge is -2.70. The fraction of sp³-hybridized carbons (Fsp3) is 0.862. The molecular weight excluding hydrogens is 396 g/mol. The van der Waals surface area contributed by atoms with Gasteiger partial charge in [-0.25, -0.2) is 0 Å². The van der Waals surface area contributed by atoms with Crippen molar-refractivity contribution in [3.8, 4) is 0 Å². The molecule has 0 radical (unpaired) electrons. The number of carbonyl (C=O) groups excluding carboxylic acids is 1. The van der Waals surface area contributed by atoms with Gasteiger partial charge in [-0.05, 0) is 116 Å². The lowest BCUT2D eigenvalue weighted by Crippen LogP contribution is -2.64. The second kappa shape index (κ2) is 6.95. The van der Waals surface area contributed by atoms with E-state index in [0.29, 0.717) is 41.8 Å². The van der Waals surface area contributed by atoms with Crippen LogP contribution in [0.25, 0.3) is 0 Å². The first-order chi connectivity index (χ1) is 14.9. The second-order valence-electron chi connectivity index (χ2n) is 13.4. The molecule has 4 fully saturated rings. The number of allylic oxidation sites excluding steroid dienone is 2. The number of Topliss-reactive ketones (excluding diaryl/α,β-unsaturated/α-hetero) is 1. The SMILES string of the molecule is CC1=C2CC[C@]3(C)[C@H](CC[C@@H]4[C@H]5[C@H](C(C)C)CC[C@]5(C(=O)O)CC[C@]43C)[C@@]2(C)CCC1=O. The van der Waals surface area contributed by atoms with Gasteiger partial charge in [-0.15, -0.1) is 0 Å². The van der Waals surface area contributed by atoms with Gasteiger partial charge < -0.3 is 5.11 Å². The minimum Gasteiger partial charge on any atom is -0.481 e. The summed E-state index contributed by atoms with van der Waals surface area (Å²) >= 11 is 0. The van der Waals surface area contributed by atoms with Gasteiger partial charge in [0.05, 0.1) is 5.41 Å². The van der Waals surface area contributed by atoms with Gasteiger partial charge in [0.1, 0.15) is 0 Å². The minimum atomic E-state index is -0.512.